The van der Waals surface area contributed by atoms with E-state index in [2.05, 4.69) is 20.7 Å². The Morgan fingerprint density at radius 1 is 1.45 bits per heavy atom. The summed E-state index contributed by atoms with van der Waals surface area (Å²) in [6, 6.07) is 3.26. The van der Waals surface area contributed by atoms with Gasteiger partial charge < -0.3 is 15.2 Å². The molecule has 2 aromatic heterocycles. The predicted octanol–water partition coefficient (Wildman–Crippen LogP) is 1.16. The topological polar surface area (TPSA) is 106 Å². The molecule has 4 N–H and O–H groups in total. The number of amides is 1. The number of hydrogen-bond acceptors (Lipinski definition) is 6. The Kier molecular flexibility index (Phi) is 4.31. The number of nitrogen functional groups attached to an aromatic ring is 1. The molecule has 0 aliphatic carbocycles. The second-order valence-electron chi connectivity index (χ2n) is 4.28. The van der Waals surface area contributed by atoms with Gasteiger partial charge in [0.15, 0.2) is 0 Å². The number of nitrogens with one attached hydrogen (secondary N) is 2. The number of hydrogen-bond donors (Lipinski definition) is 3. The van der Waals surface area contributed by atoms with Crippen LogP contribution in [-0.4, -0.2) is 15.9 Å². The summed E-state index contributed by atoms with van der Waals surface area (Å²) in [5.41, 5.74) is 3.61. The number of rotatable bonds is 5. The van der Waals surface area contributed by atoms with E-state index >= 15 is 0 Å². The highest BCUT2D eigenvalue weighted by molar-refractivity contribution is 5.94. The fourth-order valence-electron chi connectivity index (χ4n) is 1.72. The molecule has 20 heavy (non-hydrogen) atoms. The first-order valence-corrected chi connectivity index (χ1v) is 6.29. The third-order valence-electron chi connectivity index (χ3n) is 2.71. The number of nitrogens with two attached hydrogens (primary N) is 1. The van der Waals surface area contributed by atoms with Crippen LogP contribution in [0.4, 0.5) is 5.82 Å². The van der Waals surface area contributed by atoms with Crippen molar-refractivity contribution in [2.24, 2.45) is 5.84 Å². The van der Waals surface area contributed by atoms with Crippen LogP contribution in [0.3, 0.4) is 0 Å². The number of aryl methyl sites for hydroxylation is 2. The van der Waals surface area contributed by atoms with Crippen LogP contribution in [0, 0.1) is 6.92 Å². The molecule has 2 aromatic rings. The second kappa shape index (κ2) is 6.16. The van der Waals surface area contributed by atoms with Gasteiger partial charge in [-0.1, -0.05) is 6.92 Å². The third-order valence-corrected chi connectivity index (χ3v) is 2.71. The summed E-state index contributed by atoms with van der Waals surface area (Å²) >= 11 is 0. The Labute approximate surface area is 116 Å². The standard InChI is InChI=1S/C13H17N5O2/c1-3-10-6-15-12(20-10)7-16-13(19)9-4-8(2)17-11(5-9)18-14/h4-6H,3,7,14H2,1-2H3,(H,16,19)(H,17,18). The molecular formula is C13H17N5O2. The molecule has 0 unspecified atom stereocenters. The van der Waals surface area contributed by atoms with E-state index in [1.54, 1.807) is 25.3 Å². The van der Waals surface area contributed by atoms with Gasteiger partial charge in [-0.3, -0.25) is 4.79 Å². The quantitative estimate of drug-likeness (QED) is 0.558. The van der Waals surface area contributed by atoms with Gasteiger partial charge in [-0.15, -0.1) is 0 Å². The lowest BCUT2D eigenvalue weighted by molar-refractivity contribution is 0.0947. The minimum atomic E-state index is -0.233. The molecule has 0 spiro atoms. The van der Waals surface area contributed by atoms with Crippen molar-refractivity contribution in [3.05, 3.63) is 41.2 Å². The average Bonchev–Trinajstić information content (AvgIpc) is 2.92. The Morgan fingerprint density at radius 3 is 2.90 bits per heavy atom. The Hall–Kier alpha value is -2.41. The maximum absolute atomic E-state index is 12.0. The molecule has 1 amide bonds. The van der Waals surface area contributed by atoms with Crippen LogP contribution in [0.15, 0.2) is 22.7 Å². The maximum atomic E-state index is 12.0. The van der Waals surface area contributed by atoms with Crippen molar-refractivity contribution in [2.45, 2.75) is 26.8 Å². The van der Waals surface area contributed by atoms with E-state index in [9.17, 15) is 4.79 Å². The summed E-state index contributed by atoms with van der Waals surface area (Å²) < 4.78 is 5.42. The number of oxazole rings is 1. The maximum Gasteiger partial charge on any atom is 0.251 e. The van der Waals surface area contributed by atoms with Gasteiger partial charge in [0.25, 0.3) is 5.91 Å². The van der Waals surface area contributed by atoms with Gasteiger partial charge in [-0.2, -0.15) is 0 Å². The Balaban J connectivity index is 2.02. The zero-order valence-corrected chi connectivity index (χ0v) is 11.4. The first-order valence-electron chi connectivity index (χ1n) is 6.29. The lowest BCUT2D eigenvalue weighted by atomic mass is 10.2. The van der Waals surface area contributed by atoms with E-state index in [-0.39, 0.29) is 12.5 Å². The molecule has 7 heteroatoms. The number of anilines is 1. The van der Waals surface area contributed by atoms with Crippen molar-refractivity contribution >= 4 is 11.7 Å². The number of carbonyl (C=O) groups is 1. The van der Waals surface area contributed by atoms with Gasteiger partial charge >= 0.3 is 0 Å². The van der Waals surface area contributed by atoms with E-state index in [0.29, 0.717) is 23.0 Å². The number of nitrogens with zero attached hydrogens (tertiary/aromatic N) is 2. The number of hydrazine groups is 1. The molecule has 0 aliphatic rings. The van der Waals surface area contributed by atoms with Crippen LogP contribution in [-0.2, 0) is 13.0 Å². The molecule has 0 atom stereocenters. The first-order chi connectivity index (χ1) is 9.62. The van der Waals surface area contributed by atoms with Crippen molar-refractivity contribution in [3.8, 4) is 0 Å². The lowest BCUT2D eigenvalue weighted by Crippen LogP contribution is -2.23. The third kappa shape index (κ3) is 3.33. The van der Waals surface area contributed by atoms with Crippen LogP contribution in [0.25, 0.3) is 0 Å². The average molecular weight is 275 g/mol. The van der Waals surface area contributed by atoms with E-state index in [1.807, 2.05) is 6.92 Å². The van der Waals surface area contributed by atoms with Crippen LogP contribution in [0.5, 0.6) is 0 Å². The van der Waals surface area contributed by atoms with E-state index in [1.165, 1.54) is 0 Å². The molecule has 0 aromatic carbocycles. The van der Waals surface area contributed by atoms with Crippen molar-refractivity contribution in [1.82, 2.24) is 15.3 Å². The monoisotopic (exact) mass is 275 g/mol. The molecule has 0 bridgehead atoms. The van der Waals surface area contributed by atoms with Gasteiger partial charge in [0.2, 0.25) is 5.89 Å². The van der Waals surface area contributed by atoms with E-state index in [4.69, 9.17) is 10.3 Å². The van der Waals surface area contributed by atoms with Gasteiger partial charge in [0.1, 0.15) is 11.6 Å². The number of pyridine rings is 1. The molecule has 106 valence electrons. The largest absolute Gasteiger partial charge is 0.444 e. The summed E-state index contributed by atoms with van der Waals surface area (Å²) in [6.07, 6.45) is 2.44. The summed E-state index contributed by atoms with van der Waals surface area (Å²) in [5.74, 6) is 6.79. The fourth-order valence-corrected chi connectivity index (χ4v) is 1.72. The zero-order valence-electron chi connectivity index (χ0n) is 11.4. The molecule has 7 nitrogen and oxygen atoms in total. The van der Waals surface area contributed by atoms with Crippen molar-refractivity contribution in [3.63, 3.8) is 0 Å². The fraction of sp³-hybridized carbons (Fsp3) is 0.308. The molecule has 0 saturated heterocycles. The molecule has 0 aliphatic heterocycles. The van der Waals surface area contributed by atoms with Gasteiger partial charge in [0.05, 0.1) is 12.7 Å². The smallest absolute Gasteiger partial charge is 0.251 e. The normalized spacial score (nSPS) is 10.3. The van der Waals surface area contributed by atoms with Crippen LogP contribution in [0.2, 0.25) is 0 Å². The summed E-state index contributed by atoms with van der Waals surface area (Å²) in [6.45, 7) is 4.01. The molecule has 2 heterocycles. The lowest BCUT2D eigenvalue weighted by Gasteiger charge is -2.06. The highest BCUT2D eigenvalue weighted by Crippen LogP contribution is 2.09. The van der Waals surface area contributed by atoms with Crippen LogP contribution < -0.4 is 16.6 Å². The second-order valence-corrected chi connectivity index (χ2v) is 4.28. The predicted molar refractivity (Wildman–Crippen MR) is 73.8 cm³/mol. The minimum absolute atomic E-state index is 0.233. The van der Waals surface area contributed by atoms with Crippen LogP contribution >= 0.6 is 0 Å². The van der Waals surface area contributed by atoms with E-state index < -0.39 is 0 Å². The van der Waals surface area contributed by atoms with Crippen molar-refractivity contribution < 1.29 is 9.21 Å². The minimum Gasteiger partial charge on any atom is -0.444 e. The SMILES string of the molecule is CCc1cnc(CNC(=O)c2cc(C)nc(NN)c2)o1. The highest BCUT2D eigenvalue weighted by atomic mass is 16.4. The summed E-state index contributed by atoms with van der Waals surface area (Å²) in [5, 5.41) is 2.74. The summed E-state index contributed by atoms with van der Waals surface area (Å²) in [4.78, 5) is 20.2. The number of aromatic nitrogens is 2. The van der Waals surface area contributed by atoms with Gasteiger partial charge in [-0.25, -0.2) is 15.8 Å². The molecule has 0 saturated carbocycles. The molecule has 0 radical (unpaired) electrons. The van der Waals surface area contributed by atoms with E-state index in [0.717, 1.165) is 12.2 Å². The molecular weight excluding hydrogens is 258 g/mol. The highest BCUT2D eigenvalue weighted by Gasteiger charge is 2.10. The molecule has 2 rings (SSSR count). The Morgan fingerprint density at radius 2 is 2.25 bits per heavy atom. The van der Waals surface area contributed by atoms with Crippen LogP contribution in [0.1, 0.15) is 34.6 Å². The molecule has 0 fully saturated rings. The zero-order chi connectivity index (χ0) is 14.5. The van der Waals surface area contributed by atoms with Crippen molar-refractivity contribution in [2.75, 3.05) is 5.43 Å². The first kappa shape index (κ1) is 14.0. The van der Waals surface area contributed by atoms with Gasteiger partial charge in [-0.05, 0) is 19.1 Å². The Bertz CT molecular complexity index is 609. The summed E-state index contributed by atoms with van der Waals surface area (Å²) in [7, 11) is 0. The number of carbonyl (C=O) groups excluding carboxylic acids is 1. The van der Waals surface area contributed by atoms with Crippen molar-refractivity contribution in [1.29, 1.82) is 0 Å². The van der Waals surface area contributed by atoms with Gasteiger partial charge in [0, 0.05) is 17.7 Å².